The van der Waals surface area contributed by atoms with E-state index in [1.807, 2.05) is 62.4 Å². The molecule has 150 valence electrons. The van der Waals surface area contributed by atoms with Gasteiger partial charge in [0.25, 0.3) is 5.91 Å². The van der Waals surface area contributed by atoms with Crippen LogP contribution in [0.5, 0.6) is 0 Å². The number of carbonyl (C=O) groups excluding carboxylic acids is 2. The molecule has 0 bridgehead atoms. The average molecular weight is 390 g/mol. The molecule has 0 spiro atoms. The molecule has 2 aromatic carbocycles. The summed E-state index contributed by atoms with van der Waals surface area (Å²) in [6.45, 7) is 5.61. The van der Waals surface area contributed by atoms with Gasteiger partial charge in [0.15, 0.2) is 0 Å². The third kappa shape index (κ3) is 5.10. The second-order valence-electron chi connectivity index (χ2n) is 6.68. The first-order valence-electron chi connectivity index (χ1n) is 9.89. The summed E-state index contributed by atoms with van der Waals surface area (Å²) in [5.41, 5.74) is 3.42. The molecule has 0 saturated heterocycles. The van der Waals surface area contributed by atoms with Crippen LogP contribution in [0.25, 0.3) is 23.1 Å². The number of nitrogens with one attached hydrogen (secondary N) is 2. The molecule has 6 nitrogen and oxygen atoms in total. The molecule has 0 atom stereocenters. The first-order valence-corrected chi connectivity index (χ1v) is 9.89. The number of para-hydroxylation sites is 1. The van der Waals surface area contributed by atoms with Crippen LogP contribution in [-0.2, 0) is 4.79 Å². The quantitative estimate of drug-likeness (QED) is 0.615. The van der Waals surface area contributed by atoms with Crippen molar-refractivity contribution in [3.05, 3.63) is 65.4 Å². The Hall–Kier alpha value is -3.41. The van der Waals surface area contributed by atoms with E-state index < -0.39 is 0 Å². The van der Waals surface area contributed by atoms with Crippen LogP contribution in [0, 0.1) is 0 Å². The zero-order chi connectivity index (χ0) is 20.6. The molecular weight excluding hydrogens is 364 g/mol. The van der Waals surface area contributed by atoms with Crippen LogP contribution in [0.4, 0.5) is 0 Å². The zero-order valence-corrected chi connectivity index (χ0v) is 16.8. The number of carbonyl (C=O) groups is 2. The Kier molecular flexibility index (Phi) is 6.79. The molecule has 0 aliphatic carbocycles. The number of aromatic nitrogens is 2. The molecule has 0 unspecified atom stereocenters. The van der Waals surface area contributed by atoms with Gasteiger partial charge >= 0.3 is 0 Å². The maximum atomic E-state index is 12.3. The molecule has 6 heteroatoms. The minimum atomic E-state index is -0.175. The normalized spacial score (nSPS) is 11.1. The maximum Gasteiger partial charge on any atom is 0.251 e. The molecule has 0 radical (unpaired) electrons. The summed E-state index contributed by atoms with van der Waals surface area (Å²) in [5.74, 6) is -0.118. The van der Waals surface area contributed by atoms with Crippen molar-refractivity contribution < 1.29 is 9.59 Å². The van der Waals surface area contributed by atoms with Crippen molar-refractivity contribution in [2.75, 3.05) is 19.6 Å². The third-order valence-corrected chi connectivity index (χ3v) is 4.85. The predicted molar refractivity (Wildman–Crippen MR) is 116 cm³/mol. The second-order valence-corrected chi connectivity index (χ2v) is 6.68. The van der Waals surface area contributed by atoms with Gasteiger partial charge < -0.3 is 10.2 Å². The van der Waals surface area contributed by atoms with Gasteiger partial charge in [-0.25, -0.2) is 0 Å². The fraction of sp³-hybridized carbons (Fsp3) is 0.261. The summed E-state index contributed by atoms with van der Waals surface area (Å²) < 4.78 is 0. The van der Waals surface area contributed by atoms with Gasteiger partial charge in [0.2, 0.25) is 5.91 Å². The summed E-state index contributed by atoms with van der Waals surface area (Å²) in [5, 5.41) is 11.2. The highest BCUT2D eigenvalue weighted by Gasteiger charge is 2.10. The fourth-order valence-electron chi connectivity index (χ4n) is 3.15. The first kappa shape index (κ1) is 20.3. The van der Waals surface area contributed by atoms with E-state index in [0.29, 0.717) is 31.6 Å². The van der Waals surface area contributed by atoms with Crippen molar-refractivity contribution in [1.82, 2.24) is 20.4 Å². The van der Waals surface area contributed by atoms with Crippen LogP contribution < -0.4 is 5.32 Å². The van der Waals surface area contributed by atoms with Gasteiger partial charge in [-0.3, -0.25) is 14.7 Å². The summed E-state index contributed by atoms with van der Waals surface area (Å²) in [4.78, 5) is 26.0. The molecule has 3 rings (SSSR count). The molecule has 2 N–H and O–H groups in total. The van der Waals surface area contributed by atoms with Gasteiger partial charge in [-0.05, 0) is 43.7 Å². The highest BCUT2D eigenvalue weighted by atomic mass is 16.2. The molecule has 0 aliphatic heterocycles. The lowest BCUT2D eigenvalue weighted by atomic mass is 10.1. The number of nitrogens with zero attached hydrogens (tertiary/aromatic N) is 2. The van der Waals surface area contributed by atoms with Crippen molar-refractivity contribution in [3.63, 3.8) is 0 Å². The van der Waals surface area contributed by atoms with Gasteiger partial charge in [0, 0.05) is 37.0 Å². The summed E-state index contributed by atoms with van der Waals surface area (Å²) in [6.07, 6.45) is 4.23. The molecule has 1 heterocycles. The Morgan fingerprint density at radius 1 is 1.03 bits per heavy atom. The predicted octanol–water partition coefficient (Wildman–Crippen LogP) is 3.72. The van der Waals surface area contributed by atoms with Crippen LogP contribution in [0.3, 0.4) is 0 Å². The molecule has 1 aromatic heterocycles. The van der Waals surface area contributed by atoms with E-state index in [2.05, 4.69) is 15.5 Å². The lowest BCUT2D eigenvalue weighted by molar-refractivity contribution is -0.130. The van der Waals surface area contributed by atoms with Crippen LogP contribution in [-0.4, -0.2) is 46.5 Å². The van der Waals surface area contributed by atoms with E-state index >= 15 is 0 Å². The SMILES string of the molecule is CCN(CC)C(=O)CCNC(=O)c1ccc(C=Cc2n[nH]c3ccccc23)cc1. The Morgan fingerprint density at radius 3 is 2.48 bits per heavy atom. The number of amides is 2. The summed E-state index contributed by atoms with van der Waals surface area (Å²) in [7, 11) is 0. The lowest BCUT2D eigenvalue weighted by Gasteiger charge is -2.18. The van der Waals surface area contributed by atoms with Gasteiger partial charge in [-0.2, -0.15) is 5.10 Å². The molecule has 0 aliphatic rings. The smallest absolute Gasteiger partial charge is 0.251 e. The Balaban J connectivity index is 1.55. The van der Waals surface area contributed by atoms with E-state index in [4.69, 9.17) is 0 Å². The molecule has 0 fully saturated rings. The number of H-pyrrole nitrogens is 1. The van der Waals surface area contributed by atoms with Crippen LogP contribution in [0.15, 0.2) is 48.5 Å². The lowest BCUT2D eigenvalue weighted by Crippen LogP contribution is -2.34. The second kappa shape index (κ2) is 9.68. The minimum absolute atomic E-state index is 0.0571. The number of aromatic amines is 1. The van der Waals surface area contributed by atoms with Gasteiger partial charge in [0.1, 0.15) is 0 Å². The topological polar surface area (TPSA) is 78.1 Å². The monoisotopic (exact) mass is 390 g/mol. The van der Waals surface area contributed by atoms with Crippen LogP contribution in [0.2, 0.25) is 0 Å². The summed E-state index contributed by atoms with van der Waals surface area (Å²) in [6, 6.07) is 15.3. The Labute approximate surface area is 170 Å². The van der Waals surface area contributed by atoms with Gasteiger partial charge in [-0.15, -0.1) is 0 Å². The molecule has 2 amide bonds. The molecule has 0 saturated carbocycles. The van der Waals surface area contributed by atoms with Crippen LogP contribution >= 0.6 is 0 Å². The van der Waals surface area contributed by atoms with Gasteiger partial charge in [0.05, 0.1) is 11.2 Å². The largest absolute Gasteiger partial charge is 0.352 e. The first-order chi connectivity index (χ1) is 14.1. The Morgan fingerprint density at radius 2 is 1.76 bits per heavy atom. The molecule has 3 aromatic rings. The van der Waals surface area contributed by atoms with Crippen molar-refractivity contribution in [2.45, 2.75) is 20.3 Å². The van der Waals surface area contributed by atoms with E-state index in [9.17, 15) is 9.59 Å². The van der Waals surface area contributed by atoms with E-state index in [-0.39, 0.29) is 11.8 Å². The van der Waals surface area contributed by atoms with Crippen molar-refractivity contribution >= 4 is 34.9 Å². The van der Waals surface area contributed by atoms with E-state index in [1.54, 1.807) is 17.0 Å². The number of hydrogen-bond donors (Lipinski definition) is 2. The van der Waals surface area contributed by atoms with Crippen LogP contribution in [0.1, 0.15) is 41.9 Å². The van der Waals surface area contributed by atoms with Crippen molar-refractivity contribution in [3.8, 4) is 0 Å². The highest BCUT2D eigenvalue weighted by molar-refractivity contribution is 5.95. The standard InChI is InChI=1S/C23H26N4O2/c1-3-27(4-2)22(28)15-16-24-23(29)18-12-9-17(10-13-18)11-14-21-19-7-5-6-8-20(19)25-26-21/h5-14H,3-4,15-16H2,1-2H3,(H,24,29)(H,25,26). The molecule has 29 heavy (non-hydrogen) atoms. The molecular formula is C23H26N4O2. The van der Waals surface area contributed by atoms with Crippen molar-refractivity contribution in [2.24, 2.45) is 0 Å². The third-order valence-electron chi connectivity index (χ3n) is 4.85. The van der Waals surface area contributed by atoms with Crippen molar-refractivity contribution in [1.29, 1.82) is 0 Å². The average Bonchev–Trinajstić information content (AvgIpc) is 3.16. The van der Waals surface area contributed by atoms with Gasteiger partial charge in [-0.1, -0.05) is 36.4 Å². The number of rotatable bonds is 8. The maximum absolute atomic E-state index is 12.3. The fourth-order valence-corrected chi connectivity index (χ4v) is 3.15. The summed E-state index contributed by atoms with van der Waals surface area (Å²) >= 11 is 0. The number of fused-ring (bicyclic) bond motifs is 1. The van der Waals surface area contributed by atoms with E-state index in [0.717, 1.165) is 22.2 Å². The number of hydrogen-bond acceptors (Lipinski definition) is 3. The zero-order valence-electron chi connectivity index (χ0n) is 16.8. The minimum Gasteiger partial charge on any atom is -0.352 e. The highest BCUT2D eigenvalue weighted by Crippen LogP contribution is 2.17. The Bertz CT molecular complexity index is 1000. The van der Waals surface area contributed by atoms with E-state index in [1.165, 1.54) is 0 Å². The number of benzene rings is 2.